The minimum absolute atomic E-state index is 0.164. The maximum absolute atomic E-state index is 12.4. The van der Waals surface area contributed by atoms with E-state index in [1.807, 2.05) is 13.0 Å². The molecule has 180 valence electrons. The number of carboxylic acid groups (broad SMARTS) is 1. The second kappa shape index (κ2) is 11.2. The predicted octanol–water partition coefficient (Wildman–Crippen LogP) is 0.781. The number of amides is 1. The van der Waals surface area contributed by atoms with Crippen LogP contribution in [0, 0.1) is 0 Å². The molecule has 0 saturated carbocycles. The van der Waals surface area contributed by atoms with E-state index in [9.17, 15) is 23.1 Å². The van der Waals surface area contributed by atoms with Crippen LogP contribution in [0.15, 0.2) is 24.5 Å². The number of hydrogen-bond donors (Lipinski definition) is 4. The van der Waals surface area contributed by atoms with Crippen molar-refractivity contribution in [2.45, 2.75) is 51.6 Å². The Bertz CT molecular complexity index is 1080. The molecule has 1 aliphatic rings. The van der Waals surface area contributed by atoms with Crippen molar-refractivity contribution in [3.63, 3.8) is 0 Å². The van der Waals surface area contributed by atoms with E-state index in [4.69, 9.17) is 0 Å². The molecule has 0 aliphatic carbocycles. The summed E-state index contributed by atoms with van der Waals surface area (Å²) in [5.74, 6) is -1.13. The number of aliphatic carboxylic acids is 1. The fourth-order valence-corrected chi connectivity index (χ4v) is 4.83. The molecule has 2 aromatic rings. The molecule has 1 atom stereocenters. The molecular weight excluding hydrogens is 448 g/mol. The molecule has 0 unspecified atom stereocenters. The number of aryl methyl sites for hydroxylation is 3. The highest BCUT2D eigenvalue weighted by atomic mass is 32.2. The summed E-state index contributed by atoms with van der Waals surface area (Å²) in [6.45, 7) is 2.90. The van der Waals surface area contributed by atoms with Gasteiger partial charge in [-0.3, -0.25) is 14.3 Å². The Morgan fingerprint density at radius 3 is 2.91 bits per heavy atom. The highest BCUT2D eigenvalue weighted by molar-refractivity contribution is 7.89. The number of nitrogens with one attached hydrogen (secondary N) is 3. The van der Waals surface area contributed by atoms with Crippen LogP contribution in [-0.2, 0) is 34.2 Å². The molecule has 33 heavy (non-hydrogen) atoms. The number of carbonyl (C=O) groups is 2. The Morgan fingerprint density at radius 2 is 2.15 bits per heavy atom. The van der Waals surface area contributed by atoms with Crippen molar-refractivity contribution in [3.05, 3.63) is 41.3 Å². The van der Waals surface area contributed by atoms with E-state index < -0.39 is 27.9 Å². The SMILES string of the molecule is CCCCS(=O)(=O)N[C@@H](CNC(=O)c1cnn(CCc2ccc3c(n2)NCCC3)c1)C(=O)O. The van der Waals surface area contributed by atoms with E-state index in [2.05, 4.69) is 31.5 Å². The third-order valence-corrected chi connectivity index (χ3v) is 6.77. The van der Waals surface area contributed by atoms with E-state index in [0.717, 1.165) is 30.9 Å². The lowest BCUT2D eigenvalue weighted by molar-refractivity contribution is -0.138. The van der Waals surface area contributed by atoms with Crippen LogP contribution in [0.25, 0.3) is 0 Å². The van der Waals surface area contributed by atoms with Gasteiger partial charge in [-0.25, -0.2) is 13.4 Å². The summed E-state index contributed by atoms with van der Waals surface area (Å²) in [5, 5.41) is 19.2. The average molecular weight is 479 g/mol. The first-order valence-corrected chi connectivity index (χ1v) is 12.7. The molecule has 0 fully saturated rings. The molecule has 0 spiro atoms. The van der Waals surface area contributed by atoms with Gasteiger partial charge in [0, 0.05) is 37.9 Å². The van der Waals surface area contributed by atoms with Gasteiger partial charge in [0.25, 0.3) is 5.91 Å². The van der Waals surface area contributed by atoms with Crippen LogP contribution in [-0.4, -0.2) is 65.0 Å². The standard InChI is InChI=1S/C21H30N6O5S/c1-2-3-11-33(31,32)26-18(21(29)30)13-23-20(28)16-12-24-27(14-16)10-8-17-7-6-15-5-4-9-22-19(15)25-17/h6-7,12,14,18,26H,2-5,8-11,13H2,1H3,(H,22,25)(H,23,28)(H,29,30)/t18-/m0/s1. The van der Waals surface area contributed by atoms with Crippen LogP contribution in [0.2, 0.25) is 0 Å². The van der Waals surface area contributed by atoms with Crippen molar-refractivity contribution in [2.75, 3.05) is 24.2 Å². The quantitative estimate of drug-likeness (QED) is 0.349. The van der Waals surface area contributed by atoms with Crippen LogP contribution in [0.5, 0.6) is 0 Å². The lowest BCUT2D eigenvalue weighted by atomic mass is 10.1. The van der Waals surface area contributed by atoms with Gasteiger partial charge in [-0.1, -0.05) is 19.4 Å². The molecule has 12 heteroatoms. The molecule has 0 aromatic carbocycles. The molecule has 2 aromatic heterocycles. The van der Waals surface area contributed by atoms with E-state index in [0.29, 0.717) is 25.8 Å². The van der Waals surface area contributed by atoms with Crippen LogP contribution in [0.4, 0.5) is 5.82 Å². The fourth-order valence-electron chi connectivity index (χ4n) is 3.43. The number of nitrogens with zero attached hydrogens (tertiary/aromatic N) is 3. The van der Waals surface area contributed by atoms with Gasteiger partial charge >= 0.3 is 5.97 Å². The molecule has 1 aliphatic heterocycles. The number of carbonyl (C=O) groups excluding carboxylic acids is 1. The van der Waals surface area contributed by atoms with Gasteiger partial charge in [-0.15, -0.1) is 0 Å². The first-order valence-electron chi connectivity index (χ1n) is 11.0. The van der Waals surface area contributed by atoms with Crippen molar-refractivity contribution >= 4 is 27.7 Å². The highest BCUT2D eigenvalue weighted by Crippen LogP contribution is 2.19. The van der Waals surface area contributed by atoms with E-state index in [-0.39, 0.29) is 17.9 Å². The van der Waals surface area contributed by atoms with Gasteiger partial charge in [-0.2, -0.15) is 9.82 Å². The van der Waals surface area contributed by atoms with Gasteiger partial charge in [0.05, 0.1) is 17.5 Å². The number of fused-ring (bicyclic) bond motifs is 1. The molecule has 0 saturated heterocycles. The lowest BCUT2D eigenvalue weighted by Crippen LogP contribution is -2.48. The van der Waals surface area contributed by atoms with Gasteiger partial charge < -0.3 is 15.7 Å². The maximum atomic E-state index is 12.4. The number of anilines is 1. The highest BCUT2D eigenvalue weighted by Gasteiger charge is 2.24. The second-order valence-electron chi connectivity index (χ2n) is 7.97. The summed E-state index contributed by atoms with van der Waals surface area (Å²) in [6, 6.07) is 2.63. The van der Waals surface area contributed by atoms with Gasteiger partial charge in [-0.05, 0) is 30.9 Å². The monoisotopic (exact) mass is 478 g/mol. The first kappa shape index (κ1) is 24.6. The van der Waals surface area contributed by atoms with Crippen molar-refractivity contribution in [3.8, 4) is 0 Å². The Kier molecular flexibility index (Phi) is 8.39. The van der Waals surface area contributed by atoms with Gasteiger partial charge in [0.15, 0.2) is 0 Å². The first-order chi connectivity index (χ1) is 15.8. The number of unbranched alkanes of at least 4 members (excludes halogenated alkanes) is 1. The number of pyridine rings is 1. The summed E-state index contributed by atoms with van der Waals surface area (Å²) < 4.78 is 27.7. The minimum Gasteiger partial charge on any atom is -0.480 e. The van der Waals surface area contributed by atoms with Crippen molar-refractivity contribution in [2.24, 2.45) is 0 Å². The zero-order chi connectivity index (χ0) is 23.8. The van der Waals surface area contributed by atoms with Crippen LogP contribution in [0.1, 0.15) is 47.8 Å². The number of sulfonamides is 1. The Balaban J connectivity index is 1.52. The van der Waals surface area contributed by atoms with Crippen LogP contribution in [0.3, 0.4) is 0 Å². The molecule has 11 nitrogen and oxygen atoms in total. The molecule has 3 heterocycles. The maximum Gasteiger partial charge on any atom is 0.323 e. The zero-order valence-corrected chi connectivity index (χ0v) is 19.4. The number of carboxylic acids is 1. The smallest absolute Gasteiger partial charge is 0.323 e. The summed E-state index contributed by atoms with van der Waals surface area (Å²) >= 11 is 0. The molecule has 4 N–H and O–H groups in total. The summed E-state index contributed by atoms with van der Waals surface area (Å²) in [5.41, 5.74) is 2.40. The van der Waals surface area contributed by atoms with E-state index in [1.165, 1.54) is 11.8 Å². The molecule has 3 rings (SSSR count). The molecule has 1 amide bonds. The molecule has 0 radical (unpaired) electrons. The zero-order valence-electron chi connectivity index (χ0n) is 18.6. The normalized spacial score (nSPS) is 14.2. The predicted molar refractivity (Wildman–Crippen MR) is 123 cm³/mol. The lowest BCUT2D eigenvalue weighted by Gasteiger charge is -2.17. The van der Waals surface area contributed by atoms with Gasteiger partial charge in [0.1, 0.15) is 11.9 Å². The minimum atomic E-state index is -3.75. The van der Waals surface area contributed by atoms with Gasteiger partial charge in [0.2, 0.25) is 10.0 Å². The van der Waals surface area contributed by atoms with Crippen molar-refractivity contribution in [1.82, 2.24) is 24.8 Å². The number of aromatic nitrogens is 3. The van der Waals surface area contributed by atoms with Crippen LogP contribution < -0.4 is 15.4 Å². The van der Waals surface area contributed by atoms with Crippen molar-refractivity contribution < 1.29 is 23.1 Å². The average Bonchev–Trinajstić information content (AvgIpc) is 3.28. The molecule has 0 bridgehead atoms. The fraction of sp³-hybridized carbons (Fsp3) is 0.524. The third kappa shape index (κ3) is 7.26. The largest absolute Gasteiger partial charge is 0.480 e. The van der Waals surface area contributed by atoms with Crippen LogP contribution >= 0.6 is 0 Å². The second-order valence-corrected chi connectivity index (χ2v) is 9.85. The number of rotatable bonds is 12. The van der Waals surface area contributed by atoms with E-state index in [1.54, 1.807) is 10.9 Å². The van der Waals surface area contributed by atoms with E-state index >= 15 is 0 Å². The third-order valence-electron chi connectivity index (χ3n) is 5.30. The van der Waals surface area contributed by atoms with Crippen molar-refractivity contribution in [1.29, 1.82) is 0 Å². The Hall–Kier alpha value is -2.99. The Labute approximate surface area is 193 Å². The molecular formula is C21H30N6O5S. The summed E-state index contributed by atoms with van der Waals surface area (Å²) in [6.07, 6.45) is 6.80. The number of hydrogen-bond acceptors (Lipinski definition) is 7. The topological polar surface area (TPSA) is 155 Å². The summed E-state index contributed by atoms with van der Waals surface area (Å²) in [7, 11) is -3.75. The Morgan fingerprint density at radius 1 is 1.33 bits per heavy atom. The summed E-state index contributed by atoms with van der Waals surface area (Å²) in [4.78, 5) is 28.5.